The SMILES string of the molecule is [2H]C([2H])([2H])N1CN(c2c(C)ccc3c2oc2ccccc23)c2ccccc21. The number of hydrogen-bond acceptors (Lipinski definition) is 3. The Bertz CT molecular complexity index is 1180. The predicted octanol–water partition coefficient (Wildman–Crippen LogP) is 5.44. The first kappa shape index (κ1) is 10.8. The smallest absolute Gasteiger partial charge is 0.159 e. The monoisotopic (exact) mass is 317 g/mol. The summed E-state index contributed by atoms with van der Waals surface area (Å²) in [6.45, 7) is 0.0793. The highest BCUT2D eigenvalue weighted by molar-refractivity contribution is 6.10. The predicted molar refractivity (Wildman–Crippen MR) is 100 cm³/mol. The molecule has 2 heterocycles. The minimum Gasteiger partial charge on any atom is -0.454 e. The van der Waals surface area contributed by atoms with Gasteiger partial charge in [-0.15, -0.1) is 0 Å². The van der Waals surface area contributed by atoms with Gasteiger partial charge < -0.3 is 14.2 Å². The van der Waals surface area contributed by atoms with Gasteiger partial charge in [-0.05, 0) is 30.7 Å². The van der Waals surface area contributed by atoms with Crippen molar-refractivity contribution in [3.63, 3.8) is 0 Å². The zero-order chi connectivity index (χ0) is 18.8. The van der Waals surface area contributed by atoms with Gasteiger partial charge in [-0.2, -0.15) is 0 Å². The van der Waals surface area contributed by atoms with Gasteiger partial charge in [0.15, 0.2) is 5.58 Å². The molecule has 0 unspecified atom stereocenters. The van der Waals surface area contributed by atoms with Crippen LogP contribution in [0, 0.1) is 6.92 Å². The first-order valence-corrected chi connectivity index (χ1v) is 8.00. The van der Waals surface area contributed by atoms with Gasteiger partial charge in [0.2, 0.25) is 0 Å². The van der Waals surface area contributed by atoms with Crippen molar-refractivity contribution < 1.29 is 8.53 Å². The molecule has 5 rings (SSSR count). The summed E-state index contributed by atoms with van der Waals surface area (Å²) in [6.07, 6.45) is 0. The quantitative estimate of drug-likeness (QED) is 0.466. The van der Waals surface area contributed by atoms with E-state index in [0.717, 1.165) is 38.9 Å². The minimum absolute atomic E-state index is 0.257. The van der Waals surface area contributed by atoms with E-state index < -0.39 is 6.98 Å². The molecule has 0 bridgehead atoms. The lowest BCUT2D eigenvalue weighted by Crippen LogP contribution is -2.24. The van der Waals surface area contributed by atoms with E-state index >= 15 is 0 Å². The van der Waals surface area contributed by atoms with Crippen molar-refractivity contribution in [2.24, 2.45) is 0 Å². The Labute approximate surface area is 144 Å². The number of para-hydroxylation sites is 3. The Balaban J connectivity index is 1.78. The summed E-state index contributed by atoms with van der Waals surface area (Å²) in [5.41, 5.74) is 5.18. The lowest BCUT2D eigenvalue weighted by Gasteiger charge is -2.21. The maximum absolute atomic E-state index is 7.93. The molecule has 3 heteroatoms. The highest BCUT2D eigenvalue weighted by Gasteiger charge is 2.27. The van der Waals surface area contributed by atoms with E-state index in [1.165, 1.54) is 4.90 Å². The summed E-state index contributed by atoms with van der Waals surface area (Å²) in [4.78, 5) is 3.50. The lowest BCUT2D eigenvalue weighted by atomic mass is 10.1. The summed E-state index contributed by atoms with van der Waals surface area (Å²) in [7, 11) is 0. The molecule has 3 aromatic carbocycles. The van der Waals surface area contributed by atoms with Crippen LogP contribution in [0.4, 0.5) is 17.1 Å². The van der Waals surface area contributed by atoms with Crippen LogP contribution in [0.25, 0.3) is 21.9 Å². The zero-order valence-corrected chi connectivity index (χ0v) is 13.3. The Morgan fingerprint density at radius 2 is 1.71 bits per heavy atom. The van der Waals surface area contributed by atoms with E-state index in [1.54, 1.807) is 0 Å². The van der Waals surface area contributed by atoms with Crippen LogP contribution in [0.5, 0.6) is 0 Å². The van der Waals surface area contributed by atoms with Crippen molar-refractivity contribution in [1.29, 1.82) is 0 Å². The molecule has 3 nitrogen and oxygen atoms in total. The number of hydrogen-bond donors (Lipinski definition) is 0. The molecule has 1 aromatic heterocycles. The van der Waals surface area contributed by atoms with E-state index in [-0.39, 0.29) is 6.67 Å². The molecule has 0 saturated heterocycles. The summed E-state index contributed by atoms with van der Waals surface area (Å²) >= 11 is 0. The molecule has 24 heavy (non-hydrogen) atoms. The number of anilines is 3. The fourth-order valence-corrected chi connectivity index (χ4v) is 3.61. The topological polar surface area (TPSA) is 19.6 Å². The van der Waals surface area contributed by atoms with E-state index in [0.29, 0.717) is 5.69 Å². The summed E-state index contributed by atoms with van der Waals surface area (Å²) in [5.74, 6) is 0. The highest BCUT2D eigenvalue weighted by Crippen LogP contribution is 2.45. The van der Waals surface area contributed by atoms with Gasteiger partial charge >= 0.3 is 0 Å². The fraction of sp³-hybridized carbons (Fsp3) is 0.143. The molecular weight excluding hydrogens is 296 g/mol. The lowest BCUT2D eigenvalue weighted by molar-refractivity contribution is 0.667. The molecule has 0 spiro atoms. The molecule has 118 valence electrons. The Kier molecular flexibility index (Phi) is 2.14. The van der Waals surface area contributed by atoms with Crippen LogP contribution in [0.3, 0.4) is 0 Å². The van der Waals surface area contributed by atoms with Gasteiger partial charge in [0.1, 0.15) is 5.58 Å². The van der Waals surface area contributed by atoms with Crippen LogP contribution < -0.4 is 9.80 Å². The molecule has 4 aromatic rings. The summed E-state index contributed by atoms with van der Waals surface area (Å²) in [6, 6.07) is 19.7. The van der Waals surface area contributed by atoms with Gasteiger partial charge in [-0.1, -0.05) is 42.5 Å². The average Bonchev–Trinajstić information content (AvgIpc) is 3.20. The van der Waals surface area contributed by atoms with Gasteiger partial charge in [0, 0.05) is 21.9 Å². The van der Waals surface area contributed by atoms with Crippen molar-refractivity contribution in [2.45, 2.75) is 6.92 Å². The number of rotatable bonds is 1. The average molecular weight is 317 g/mol. The van der Waals surface area contributed by atoms with Crippen molar-refractivity contribution in [3.8, 4) is 0 Å². The van der Waals surface area contributed by atoms with Gasteiger partial charge in [-0.3, -0.25) is 0 Å². The van der Waals surface area contributed by atoms with E-state index in [1.807, 2.05) is 60.4 Å². The molecule has 0 fully saturated rings. The van der Waals surface area contributed by atoms with E-state index in [9.17, 15) is 0 Å². The normalized spacial score (nSPS) is 16.3. The number of furan rings is 1. The highest BCUT2D eigenvalue weighted by atomic mass is 16.3. The molecule has 0 aliphatic carbocycles. The molecule has 0 amide bonds. The number of fused-ring (bicyclic) bond motifs is 4. The molecule has 0 atom stereocenters. The second-order valence-corrected chi connectivity index (χ2v) is 6.19. The Hall–Kier alpha value is -2.94. The van der Waals surface area contributed by atoms with Gasteiger partial charge in [0.25, 0.3) is 0 Å². The zero-order valence-electron chi connectivity index (χ0n) is 16.3. The van der Waals surface area contributed by atoms with Crippen molar-refractivity contribution in [2.75, 3.05) is 23.4 Å². The van der Waals surface area contributed by atoms with Crippen LogP contribution in [-0.4, -0.2) is 13.6 Å². The van der Waals surface area contributed by atoms with Crippen LogP contribution in [0.1, 0.15) is 9.68 Å². The molecule has 0 N–H and O–H groups in total. The van der Waals surface area contributed by atoms with Crippen LogP contribution >= 0.6 is 0 Å². The standard InChI is InChI=1S/C21H18N2O/c1-14-11-12-16-15-7-3-6-10-19(15)24-21(16)20(14)23-13-22(2)17-8-4-5-9-18(17)23/h3-12H,13H2,1-2H3/i2D3. The third kappa shape index (κ3) is 1.72. The molecule has 0 radical (unpaired) electrons. The minimum atomic E-state index is -2.21. The largest absolute Gasteiger partial charge is 0.454 e. The molecule has 0 saturated carbocycles. The number of benzene rings is 3. The third-order valence-electron chi connectivity index (χ3n) is 4.74. The fourth-order valence-electron chi connectivity index (χ4n) is 3.61. The maximum atomic E-state index is 7.93. The Morgan fingerprint density at radius 1 is 0.917 bits per heavy atom. The van der Waals surface area contributed by atoms with Gasteiger partial charge in [0.05, 0.1) is 23.7 Å². The van der Waals surface area contributed by atoms with E-state index in [4.69, 9.17) is 8.53 Å². The third-order valence-corrected chi connectivity index (χ3v) is 4.74. The Morgan fingerprint density at radius 3 is 2.58 bits per heavy atom. The van der Waals surface area contributed by atoms with Crippen molar-refractivity contribution in [1.82, 2.24) is 0 Å². The van der Waals surface area contributed by atoms with E-state index in [2.05, 4.69) is 12.1 Å². The van der Waals surface area contributed by atoms with Gasteiger partial charge in [-0.25, -0.2) is 0 Å². The molecule has 1 aliphatic heterocycles. The summed E-state index contributed by atoms with van der Waals surface area (Å²) in [5, 5.41) is 2.10. The first-order chi connectivity index (χ1) is 12.9. The first-order valence-electron chi connectivity index (χ1n) is 9.50. The van der Waals surface area contributed by atoms with Crippen LogP contribution in [0.15, 0.2) is 65.1 Å². The second kappa shape index (κ2) is 4.78. The maximum Gasteiger partial charge on any atom is 0.159 e. The molecule has 1 aliphatic rings. The van der Waals surface area contributed by atoms with Crippen molar-refractivity contribution in [3.05, 3.63) is 66.2 Å². The van der Waals surface area contributed by atoms with Crippen LogP contribution in [0.2, 0.25) is 0 Å². The molecular formula is C21H18N2O. The summed E-state index contributed by atoms with van der Waals surface area (Å²) < 4.78 is 30.0. The number of nitrogens with zero attached hydrogens (tertiary/aromatic N) is 2. The second-order valence-electron chi connectivity index (χ2n) is 6.19. The van der Waals surface area contributed by atoms with Crippen molar-refractivity contribution >= 4 is 39.0 Å². The number of aryl methyl sites for hydroxylation is 1. The van der Waals surface area contributed by atoms with Crippen LogP contribution in [-0.2, 0) is 0 Å².